The summed E-state index contributed by atoms with van der Waals surface area (Å²) in [5, 5.41) is 0. The van der Waals surface area contributed by atoms with Crippen molar-refractivity contribution in [3.05, 3.63) is 16.0 Å². The lowest BCUT2D eigenvalue weighted by atomic mass is 9.91. The van der Waals surface area contributed by atoms with Gasteiger partial charge in [0.15, 0.2) is 0 Å². The van der Waals surface area contributed by atoms with Crippen LogP contribution in [-0.4, -0.2) is 9.36 Å². The van der Waals surface area contributed by atoms with Crippen molar-refractivity contribution in [1.29, 1.82) is 0 Å². The average Bonchev–Trinajstić information content (AvgIpc) is 2.28. The molecule has 0 saturated heterocycles. The van der Waals surface area contributed by atoms with Crippen molar-refractivity contribution in [2.45, 2.75) is 39.7 Å². The standard InChI is InChI=1S/C10H19N3O/c1-6-13-8(10(2,3)4)7(11)9(14)12(13)5/h6,11H2,1-5H3. The summed E-state index contributed by atoms with van der Waals surface area (Å²) in [6.07, 6.45) is 0. The molecule has 0 saturated carbocycles. The van der Waals surface area contributed by atoms with Crippen molar-refractivity contribution in [2.24, 2.45) is 7.05 Å². The Hall–Kier alpha value is -1.19. The minimum Gasteiger partial charge on any atom is -0.393 e. The number of hydrogen-bond acceptors (Lipinski definition) is 2. The van der Waals surface area contributed by atoms with Crippen molar-refractivity contribution in [1.82, 2.24) is 9.36 Å². The Labute approximate surface area is 84.3 Å². The number of nitrogen functional groups attached to an aromatic ring is 1. The first kappa shape index (κ1) is 10.9. The van der Waals surface area contributed by atoms with Gasteiger partial charge in [-0.3, -0.25) is 14.2 Å². The lowest BCUT2D eigenvalue weighted by Gasteiger charge is -2.21. The van der Waals surface area contributed by atoms with E-state index < -0.39 is 0 Å². The Morgan fingerprint density at radius 2 is 1.86 bits per heavy atom. The summed E-state index contributed by atoms with van der Waals surface area (Å²) >= 11 is 0. The van der Waals surface area contributed by atoms with Gasteiger partial charge in [-0.05, 0) is 6.92 Å². The molecular formula is C10H19N3O. The van der Waals surface area contributed by atoms with Crippen LogP contribution in [-0.2, 0) is 19.0 Å². The highest BCUT2D eigenvalue weighted by atomic mass is 16.1. The monoisotopic (exact) mass is 197 g/mol. The van der Waals surface area contributed by atoms with E-state index in [0.29, 0.717) is 5.69 Å². The van der Waals surface area contributed by atoms with Crippen molar-refractivity contribution in [3.8, 4) is 0 Å². The van der Waals surface area contributed by atoms with Crippen LogP contribution in [0.3, 0.4) is 0 Å². The van der Waals surface area contributed by atoms with Crippen molar-refractivity contribution < 1.29 is 0 Å². The smallest absolute Gasteiger partial charge is 0.289 e. The van der Waals surface area contributed by atoms with Gasteiger partial charge in [-0.2, -0.15) is 0 Å². The molecule has 4 heteroatoms. The zero-order valence-electron chi connectivity index (χ0n) is 9.59. The third-order valence-corrected chi connectivity index (χ3v) is 2.41. The number of hydrogen-bond donors (Lipinski definition) is 1. The van der Waals surface area contributed by atoms with Crippen LogP contribution in [0.5, 0.6) is 0 Å². The molecule has 0 bridgehead atoms. The number of nitrogens with two attached hydrogens (primary N) is 1. The van der Waals surface area contributed by atoms with E-state index >= 15 is 0 Å². The van der Waals surface area contributed by atoms with Gasteiger partial charge in [0.2, 0.25) is 0 Å². The maximum atomic E-state index is 11.6. The fourth-order valence-electron chi connectivity index (χ4n) is 1.84. The van der Waals surface area contributed by atoms with Gasteiger partial charge in [-0.25, -0.2) is 0 Å². The van der Waals surface area contributed by atoms with E-state index in [2.05, 4.69) is 20.8 Å². The highest BCUT2D eigenvalue weighted by molar-refractivity contribution is 5.45. The van der Waals surface area contributed by atoms with E-state index in [1.807, 2.05) is 11.6 Å². The van der Waals surface area contributed by atoms with Gasteiger partial charge >= 0.3 is 0 Å². The predicted octanol–water partition coefficient (Wildman–Crippen LogP) is 1.09. The average molecular weight is 197 g/mol. The maximum Gasteiger partial charge on any atom is 0.289 e. The molecular weight excluding hydrogens is 178 g/mol. The van der Waals surface area contributed by atoms with Crippen molar-refractivity contribution in [2.75, 3.05) is 5.73 Å². The molecule has 1 aromatic heterocycles. The molecule has 1 aromatic rings. The Morgan fingerprint density at radius 1 is 1.36 bits per heavy atom. The molecule has 0 amide bonds. The van der Waals surface area contributed by atoms with Crippen LogP contribution in [0.1, 0.15) is 33.4 Å². The molecule has 0 atom stereocenters. The highest BCUT2D eigenvalue weighted by Gasteiger charge is 2.25. The van der Waals surface area contributed by atoms with Gasteiger partial charge in [0.25, 0.3) is 5.56 Å². The Morgan fingerprint density at radius 3 is 2.14 bits per heavy atom. The molecule has 1 rings (SSSR count). The molecule has 4 nitrogen and oxygen atoms in total. The van der Waals surface area contributed by atoms with Crippen molar-refractivity contribution >= 4 is 5.69 Å². The molecule has 14 heavy (non-hydrogen) atoms. The lowest BCUT2D eigenvalue weighted by Crippen LogP contribution is -2.22. The maximum absolute atomic E-state index is 11.6. The molecule has 2 N–H and O–H groups in total. The largest absolute Gasteiger partial charge is 0.393 e. The van der Waals surface area contributed by atoms with Crippen LogP contribution < -0.4 is 11.3 Å². The third kappa shape index (κ3) is 1.45. The molecule has 0 aliphatic rings. The number of aromatic nitrogens is 2. The molecule has 1 heterocycles. The minimum absolute atomic E-state index is 0.0967. The normalized spacial score (nSPS) is 12.1. The fraction of sp³-hybridized carbons (Fsp3) is 0.700. The van der Waals surface area contributed by atoms with E-state index in [1.54, 1.807) is 11.7 Å². The molecule has 0 unspecified atom stereocenters. The van der Waals surface area contributed by atoms with Crippen molar-refractivity contribution in [3.63, 3.8) is 0 Å². The fourth-order valence-corrected chi connectivity index (χ4v) is 1.84. The van der Waals surface area contributed by atoms with Gasteiger partial charge in [-0.1, -0.05) is 20.8 Å². The third-order valence-electron chi connectivity index (χ3n) is 2.41. The Bertz CT molecular complexity index is 393. The summed E-state index contributed by atoms with van der Waals surface area (Å²) < 4.78 is 3.51. The summed E-state index contributed by atoms with van der Waals surface area (Å²) in [7, 11) is 1.75. The summed E-state index contributed by atoms with van der Waals surface area (Å²) in [5.74, 6) is 0. The first-order valence-corrected chi connectivity index (χ1v) is 4.86. The second kappa shape index (κ2) is 3.19. The zero-order chi connectivity index (χ0) is 11.1. The molecule has 0 aromatic carbocycles. The molecule has 0 spiro atoms. The summed E-state index contributed by atoms with van der Waals surface area (Å²) in [5.41, 5.74) is 6.92. The van der Waals surface area contributed by atoms with Crippen LogP contribution in [0.2, 0.25) is 0 Å². The second-order valence-electron chi connectivity index (χ2n) is 4.56. The topological polar surface area (TPSA) is 52.9 Å². The first-order valence-electron chi connectivity index (χ1n) is 4.86. The van der Waals surface area contributed by atoms with Gasteiger partial charge in [0.1, 0.15) is 5.69 Å². The number of nitrogens with zero attached hydrogens (tertiary/aromatic N) is 2. The quantitative estimate of drug-likeness (QED) is 0.732. The minimum atomic E-state index is -0.100. The molecule has 0 aliphatic carbocycles. The summed E-state index contributed by atoms with van der Waals surface area (Å²) in [6.45, 7) is 8.95. The molecule has 0 aliphatic heterocycles. The van der Waals surface area contributed by atoms with Crippen LogP contribution in [0.15, 0.2) is 4.79 Å². The number of anilines is 1. The number of rotatable bonds is 1. The van der Waals surface area contributed by atoms with E-state index in [1.165, 1.54) is 0 Å². The zero-order valence-corrected chi connectivity index (χ0v) is 9.59. The van der Waals surface area contributed by atoms with Crippen LogP contribution in [0, 0.1) is 0 Å². The van der Waals surface area contributed by atoms with E-state index in [0.717, 1.165) is 12.2 Å². The Kier molecular flexibility index (Phi) is 2.48. The van der Waals surface area contributed by atoms with E-state index in [4.69, 9.17) is 5.73 Å². The van der Waals surface area contributed by atoms with Crippen LogP contribution >= 0.6 is 0 Å². The predicted molar refractivity (Wildman–Crippen MR) is 58.5 cm³/mol. The molecule has 0 radical (unpaired) electrons. The second-order valence-corrected chi connectivity index (χ2v) is 4.56. The molecule has 80 valence electrons. The highest BCUT2D eigenvalue weighted by Crippen LogP contribution is 2.25. The van der Waals surface area contributed by atoms with Gasteiger partial charge in [0.05, 0.1) is 5.69 Å². The van der Waals surface area contributed by atoms with E-state index in [-0.39, 0.29) is 11.0 Å². The van der Waals surface area contributed by atoms with Gasteiger partial charge in [-0.15, -0.1) is 0 Å². The summed E-state index contributed by atoms with van der Waals surface area (Å²) in [6, 6.07) is 0. The van der Waals surface area contributed by atoms with Gasteiger partial charge in [0, 0.05) is 19.0 Å². The van der Waals surface area contributed by atoms with Gasteiger partial charge < -0.3 is 5.73 Å². The lowest BCUT2D eigenvalue weighted by molar-refractivity contribution is 0.446. The van der Waals surface area contributed by atoms with E-state index in [9.17, 15) is 4.79 Å². The first-order chi connectivity index (χ1) is 6.30. The Balaban J connectivity index is 3.57. The molecule has 0 fully saturated rings. The SMILES string of the molecule is CCn1c(C(C)(C)C)c(N)c(=O)n1C. The van der Waals surface area contributed by atoms with Crippen LogP contribution in [0.25, 0.3) is 0 Å². The summed E-state index contributed by atoms with van der Waals surface area (Å²) in [4.78, 5) is 11.6. The van der Waals surface area contributed by atoms with Crippen LogP contribution in [0.4, 0.5) is 5.69 Å².